The first-order chi connectivity index (χ1) is 10.1. The Labute approximate surface area is 134 Å². The lowest BCUT2D eigenvalue weighted by Crippen LogP contribution is -2.15. The number of halogens is 2. The molecule has 0 radical (unpaired) electrons. The molecule has 1 heterocycles. The fourth-order valence-electron chi connectivity index (χ4n) is 1.85. The zero-order chi connectivity index (χ0) is 14.8. The summed E-state index contributed by atoms with van der Waals surface area (Å²) in [6.07, 6.45) is 0. The Morgan fingerprint density at radius 3 is 2.29 bits per heavy atom. The number of nitrogens with one attached hydrogen (secondary N) is 1. The van der Waals surface area contributed by atoms with Gasteiger partial charge in [-0.1, -0.05) is 39.7 Å². The van der Waals surface area contributed by atoms with Gasteiger partial charge in [-0.25, -0.2) is 9.97 Å². The summed E-state index contributed by atoms with van der Waals surface area (Å²) in [7, 11) is 0. The van der Waals surface area contributed by atoms with E-state index in [9.17, 15) is 4.79 Å². The molecule has 1 amide bonds. The van der Waals surface area contributed by atoms with Gasteiger partial charge in [0.15, 0.2) is 10.8 Å². The molecule has 1 N–H and O–H groups in total. The van der Waals surface area contributed by atoms with Gasteiger partial charge in [0.25, 0.3) is 5.91 Å². The van der Waals surface area contributed by atoms with Gasteiger partial charge < -0.3 is 5.32 Å². The summed E-state index contributed by atoms with van der Waals surface area (Å²) in [5, 5.41) is 2.83. The van der Waals surface area contributed by atoms with E-state index in [1.165, 1.54) is 0 Å². The molecule has 0 aliphatic rings. The number of aromatic nitrogens is 2. The zero-order valence-electron chi connectivity index (χ0n) is 10.7. The Kier molecular flexibility index (Phi) is 3.86. The molecule has 1 aromatic heterocycles. The van der Waals surface area contributed by atoms with Crippen LogP contribution in [0.1, 0.15) is 10.5 Å². The predicted molar refractivity (Wildman–Crippen MR) is 86.6 cm³/mol. The van der Waals surface area contributed by atoms with E-state index in [2.05, 4.69) is 31.2 Å². The van der Waals surface area contributed by atoms with Crippen LogP contribution in [0.15, 0.2) is 53.0 Å². The first-order valence-electron chi connectivity index (χ1n) is 6.13. The van der Waals surface area contributed by atoms with Crippen LogP contribution >= 0.6 is 27.5 Å². The number of benzene rings is 2. The number of para-hydroxylation sites is 2. The highest BCUT2D eigenvalue weighted by Gasteiger charge is 2.15. The van der Waals surface area contributed by atoms with E-state index in [0.717, 1.165) is 4.47 Å². The van der Waals surface area contributed by atoms with Crippen LogP contribution in [0, 0.1) is 0 Å². The number of amides is 1. The molecule has 2 aromatic carbocycles. The van der Waals surface area contributed by atoms with E-state index in [1.54, 1.807) is 24.3 Å². The van der Waals surface area contributed by atoms with Crippen molar-refractivity contribution in [2.24, 2.45) is 0 Å². The maximum atomic E-state index is 12.3. The van der Waals surface area contributed by atoms with Crippen LogP contribution in [0.25, 0.3) is 11.0 Å². The van der Waals surface area contributed by atoms with Crippen molar-refractivity contribution in [3.8, 4) is 0 Å². The van der Waals surface area contributed by atoms with E-state index >= 15 is 0 Å². The standard InChI is InChI=1S/C15H9BrClN3O/c16-9-5-7-10(8-6-9)18-15(21)13-14(17)20-12-4-2-1-3-11(12)19-13/h1-8H,(H,18,21). The molecule has 0 fully saturated rings. The van der Waals surface area contributed by atoms with Crippen molar-refractivity contribution in [2.45, 2.75) is 0 Å². The fourth-order valence-corrected chi connectivity index (χ4v) is 2.33. The molecule has 0 aliphatic heterocycles. The van der Waals surface area contributed by atoms with Crippen molar-refractivity contribution in [2.75, 3.05) is 5.32 Å². The second-order valence-corrected chi connectivity index (χ2v) is 5.59. The first-order valence-corrected chi connectivity index (χ1v) is 7.30. The molecule has 6 heteroatoms. The Morgan fingerprint density at radius 2 is 1.62 bits per heavy atom. The van der Waals surface area contributed by atoms with Crippen LogP contribution in [-0.2, 0) is 0 Å². The largest absolute Gasteiger partial charge is 0.321 e. The van der Waals surface area contributed by atoms with Crippen LogP contribution in [0.3, 0.4) is 0 Å². The quantitative estimate of drug-likeness (QED) is 0.739. The van der Waals surface area contributed by atoms with Gasteiger partial charge in [0.2, 0.25) is 0 Å². The summed E-state index contributed by atoms with van der Waals surface area (Å²) in [4.78, 5) is 20.7. The van der Waals surface area contributed by atoms with Gasteiger partial charge in [-0.3, -0.25) is 4.79 Å². The lowest BCUT2D eigenvalue weighted by Gasteiger charge is -2.07. The summed E-state index contributed by atoms with van der Waals surface area (Å²) in [5.41, 5.74) is 2.05. The van der Waals surface area contributed by atoms with Crippen molar-refractivity contribution in [1.82, 2.24) is 9.97 Å². The van der Waals surface area contributed by atoms with Crippen LogP contribution in [0.2, 0.25) is 5.15 Å². The van der Waals surface area contributed by atoms with Gasteiger partial charge >= 0.3 is 0 Å². The Balaban J connectivity index is 1.93. The molecule has 0 saturated heterocycles. The molecular weight excluding hydrogens is 354 g/mol. The molecule has 3 rings (SSSR count). The Bertz CT molecular complexity index is 821. The molecule has 0 spiro atoms. The predicted octanol–water partition coefficient (Wildman–Crippen LogP) is 4.30. The lowest BCUT2D eigenvalue weighted by molar-refractivity contribution is 0.102. The average Bonchev–Trinajstić information content (AvgIpc) is 2.49. The fraction of sp³-hybridized carbons (Fsp3) is 0. The number of hydrogen-bond acceptors (Lipinski definition) is 3. The summed E-state index contributed by atoms with van der Waals surface area (Å²) >= 11 is 9.39. The highest BCUT2D eigenvalue weighted by atomic mass is 79.9. The number of fused-ring (bicyclic) bond motifs is 1. The molecule has 0 saturated carbocycles. The van der Waals surface area contributed by atoms with Crippen molar-refractivity contribution in [3.63, 3.8) is 0 Å². The average molecular weight is 363 g/mol. The highest BCUT2D eigenvalue weighted by Crippen LogP contribution is 2.19. The highest BCUT2D eigenvalue weighted by molar-refractivity contribution is 9.10. The third kappa shape index (κ3) is 3.04. The molecule has 0 unspecified atom stereocenters. The van der Waals surface area contributed by atoms with Crippen molar-refractivity contribution in [1.29, 1.82) is 0 Å². The van der Waals surface area contributed by atoms with E-state index in [4.69, 9.17) is 11.6 Å². The Hall–Kier alpha value is -1.98. The van der Waals surface area contributed by atoms with Gasteiger partial charge in [0.05, 0.1) is 11.0 Å². The molecule has 3 aromatic rings. The number of anilines is 1. The SMILES string of the molecule is O=C(Nc1ccc(Br)cc1)c1nc2ccccc2nc1Cl. The minimum Gasteiger partial charge on any atom is -0.321 e. The molecule has 0 atom stereocenters. The van der Waals surface area contributed by atoms with Gasteiger partial charge in [0, 0.05) is 10.2 Å². The number of hydrogen-bond donors (Lipinski definition) is 1. The second kappa shape index (κ2) is 5.79. The van der Waals surface area contributed by atoms with Crippen molar-refractivity contribution >= 4 is 50.2 Å². The Morgan fingerprint density at radius 1 is 1.00 bits per heavy atom. The monoisotopic (exact) mass is 361 g/mol. The maximum absolute atomic E-state index is 12.3. The first kappa shape index (κ1) is 14.0. The molecule has 0 bridgehead atoms. The summed E-state index contributed by atoms with van der Waals surface area (Å²) < 4.78 is 0.934. The molecular formula is C15H9BrClN3O. The lowest BCUT2D eigenvalue weighted by atomic mass is 10.2. The van der Waals surface area contributed by atoms with E-state index in [0.29, 0.717) is 16.7 Å². The minimum absolute atomic E-state index is 0.0864. The number of carbonyl (C=O) groups excluding carboxylic acids is 1. The summed E-state index contributed by atoms with van der Waals surface area (Å²) in [5.74, 6) is -0.388. The van der Waals surface area contributed by atoms with Crippen LogP contribution in [-0.4, -0.2) is 15.9 Å². The normalized spacial score (nSPS) is 10.6. The molecule has 104 valence electrons. The minimum atomic E-state index is -0.388. The van der Waals surface area contributed by atoms with Gasteiger partial charge in [-0.15, -0.1) is 0 Å². The van der Waals surface area contributed by atoms with Crippen molar-refractivity contribution < 1.29 is 4.79 Å². The number of rotatable bonds is 2. The summed E-state index contributed by atoms with van der Waals surface area (Å²) in [6, 6.07) is 14.5. The van der Waals surface area contributed by atoms with Crippen LogP contribution in [0.5, 0.6) is 0 Å². The van der Waals surface area contributed by atoms with E-state index < -0.39 is 0 Å². The van der Waals surface area contributed by atoms with Crippen LogP contribution in [0.4, 0.5) is 5.69 Å². The maximum Gasteiger partial charge on any atom is 0.277 e. The zero-order valence-corrected chi connectivity index (χ0v) is 13.0. The van der Waals surface area contributed by atoms with E-state index in [-0.39, 0.29) is 16.8 Å². The van der Waals surface area contributed by atoms with Crippen LogP contribution < -0.4 is 5.32 Å². The third-order valence-corrected chi connectivity index (χ3v) is 3.64. The van der Waals surface area contributed by atoms with Gasteiger partial charge in [-0.05, 0) is 36.4 Å². The smallest absolute Gasteiger partial charge is 0.277 e. The van der Waals surface area contributed by atoms with Gasteiger partial charge in [0.1, 0.15) is 0 Å². The molecule has 4 nitrogen and oxygen atoms in total. The molecule has 0 aliphatic carbocycles. The van der Waals surface area contributed by atoms with Gasteiger partial charge in [-0.2, -0.15) is 0 Å². The summed E-state index contributed by atoms with van der Waals surface area (Å²) in [6.45, 7) is 0. The number of nitrogens with zero attached hydrogens (tertiary/aromatic N) is 2. The van der Waals surface area contributed by atoms with E-state index in [1.807, 2.05) is 24.3 Å². The van der Waals surface area contributed by atoms with Crippen molar-refractivity contribution in [3.05, 3.63) is 63.9 Å². The topological polar surface area (TPSA) is 54.9 Å². The second-order valence-electron chi connectivity index (χ2n) is 4.31. The third-order valence-electron chi connectivity index (χ3n) is 2.85. The number of carbonyl (C=O) groups is 1. The molecule has 21 heavy (non-hydrogen) atoms.